The van der Waals surface area contributed by atoms with E-state index in [0.717, 1.165) is 16.5 Å². The van der Waals surface area contributed by atoms with E-state index in [1.165, 1.54) is 7.11 Å². The standard InChI is InChI=1S/C18H22N2O4S2/c1-12-19-14(11-26-12)10-24-15-6-4-13(5-7-15)17(21)20-16(8-9-25-3)18(22)23-2/h4-7,11,16H,8-10H2,1-3H3,(H,20,21)/t16-/m1/s1. The molecule has 1 aromatic heterocycles. The molecule has 1 aromatic carbocycles. The number of rotatable bonds is 9. The molecule has 0 aliphatic carbocycles. The number of hydrogen-bond acceptors (Lipinski definition) is 7. The Kier molecular flexibility index (Phi) is 7.93. The molecule has 8 heteroatoms. The molecule has 2 rings (SSSR count). The van der Waals surface area contributed by atoms with Crippen molar-refractivity contribution in [1.82, 2.24) is 10.3 Å². The lowest BCUT2D eigenvalue weighted by Gasteiger charge is -2.16. The Labute approximate surface area is 161 Å². The van der Waals surface area contributed by atoms with Crippen molar-refractivity contribution in [1.29, 1.82) is 0 Å². The van der Waals surface area contributed by atoms with Gasteiger partial charge < -0.3 is 14.8 Å². The Morgan fingerprint density at radius 3 is 2.62 bits per heavy atom. The van der Waals surface area contributed by atoms with Crippen molar-refractivity contribution < 1.29 is 19.1 Å². The fourth-order valence-electron chi connectivity index (χ4n) is 2.20. The van der Waals surface area contributed by atoms with Crippen LogP contribution in [0.4, 0.5) is 0 Å². The number of carbonyl (C=O) groups is 2. The van der Waals surface area contributed by atoms with Crippen LogP contribution in [0.3, 0.4) is 0 Å². The van der Waals surface area contributed by atoms with E-state index in [0.29, 0.717) is 24.3 Å². The number of thioether (sulfide) groups is 1. The highest BCUT2D eigenvalue weighted by atomic mass is 32.2. The number of ether oxygens (including phenoxy) is 2. The molecule has 1 heterocycles. The number of nitrogens with zero attached hydrogens (tertiary/aromatic N) is 1. The molecule has 0 aliphatic rings. The second kappa shape index (κ2) is 10.2. The van der Waals surface area contributed by atoms with Crippen molar-refractivity contribution in [3.05, 3.63) is 45.9 Å². The number of thiazole rings is 1. The molecule has 1 atom stereocenters. The van der Waals surface area contributed by atoms with Crippen LogP contribution < -0.4 is 10.1 Å². The zero-order valence-electron chi connectivity index (χ0n) is 15.0. The predicted octanol–water partition coefficient (Wildman–Crippen LogP) is 3.06. The molecule has 6 nitrogen and oxygen atoms in total. The normalized spacial score (nSPS) is 11.7. The number of hydrogen-bond donors (Lipinski definition) is 1. The van der Waals surface area contributed by atoms with Crippen LogP contribution in [0.1, 0.15) is 27.5 Å². The van der Waals surface area contributed by atoms with Crippen molar-refractivity contribution in [2.75, 3.05) is 19.1 Å². The third-order valence-electron chi connectivity index (χ3n) is 3.57. The van der Waals surface area contributed by atoms with Gasteiger partial charge in [0.25, 0.3) is 5.91 Å². The van der Waals surface area contributed by atoms with E-state index in [2.05, 4.69) is 10.3 Å². The lowest BCUT2D eigenvalue weighted by atomic mass is 10.1. The van der Waals surface area contributed by atoms with Gasteiger partial charge in [-0.05, 0) is 49.6 Å². The number of methoxy groups -OCH3 is 1. The molecule has 0 saturated carbocycles. The van der Waals surface area contributed by atoms with Crippen LogP contribution in [-0.2, 0) is 16.1 Å². The van der Waals surface area contributed by atoms with Gasteiger partial charge in [-0.1, -0.05) is 0 Å². The van der Waals surface area contributed by atoms with Crippen LogP contribution in [-0.4, -0.2) is 42.0 Å². The lowest BCUT2D eigenvalue weighted by molar-refractivity contribution is -0.142. The fourth-order valence-corrected chi connectivity index (χ4v) is 3.27. The first kappa shape index (κ1) is 20.3. The van der Waals surface area contributed by atoms with Gasteiger partial charge in [0.15, 0.2) is 0 Å². The Bertz CT molecular complexity index is 731. The first-order valence-electron chi connectivity index (χ1n) is 8.05. The van der Waals surface area contributed by atoms with Crippen LogP contribution in [0, 0.1) is 6.92 Å². The molecule has 0 saturated heterocycles. The van der Waals surface area contributed by atoms with Gasteiger partial charge in [0.05, 0.1) is 17.8 Å². The van der Waals surface area contributed by atoms with Crippen LogP contribution >= 0.6 is 23.1 Å². The van der Waals surface area contributed by atoms with Gasteiger partial charge in [0.1, 0.15) is 18.4 Å². The molecular weight excluding hydrogens is 372 g/mol. The summed E-state index contributed by atoms with van der Waals surface area (Å²) in [5.41, 5.74) is 1.34. The quantitative estimate of drug-likeness (QED) is 0.659. The lowest BCUT2D eigenvalue weighted by Crippen LogP contribution is -2.41. The summed E-state index contributed by atoms with van der Waals surface area (Å²) in [4.78, 5) is 28.5. The molecule has 26 heavy (non-hydrogen) atoms. The number of aryl methyl sites for hydroxylation is 1. The minimum Gasteiger partial charge on any atom is -0.487 e. The average molecular weight is 395 g/mol. The summed E-state index contributed by atoms with van der Waals surface area (Å²) in [7, 11) is 1.32. The molecule has 140 valence electrons. The highest BCUT2D eigenvalue weighted by Crippen LogP contribution is 2.16. The summed E-state index contributed by atoms with van der Waals surface area (Å²) in [5.74, 6) is 0.649. The largest absolute Gasteiger partial charge is 0.487 e. The number of esters is 1. The van der Waals surface area contributed by atoms with Gasteiger partial charge in [0, 0.05) is 10.9 Å². The number of amides is 1. The van der Waals surface area contributed by atoms with Crippen molar-refractivity contribution >= 4 is 35.0 Å². The molecule has 0 radical (unpaired) electrons. The second-order valence-corrected chi connectivity index (χ2v) is 7.55. The van der Waals surface area contributed by atoms with Crippen LogP contribution in [0.2, 0.25) is 0 Å². The van der Waals surface area contributed by atoms with Crippen molar-refractivity contribution in [2.45, 2.75) is 26.0 Å². The van der Waals surface area contributed by atoms with Crippen molar-refractivity contribution in [3.8, 4) is 5.75 Å². The SMILES string of the molecule is COC(=O)[C@@H](CCSC)NC(=O)c1ccc(OCc2csc(C)n2)cc1. The van der Waals surface area contributed by atoms with Gasteiger partial charge in [-0.15, -0.1) is 11.3 Å². The Balaban J connectivity index is 1.93. The van der Waals surface area contributed by atoms with E-state index in [-0.39, 0.29) is 5.91 Å². The van der Waals surface area contributed by atoms with E-state index in [1.807, 2.05) is 18.6 Å². The average Bonchev–Trinajstić information content (AvgIpc) is 3.08. The van der Waals surface area contributed by atoms with Crippen LogP contribution in [0.25, 0.3) is 0 Å². The van der Waals surface area contributed by atoms with E-state index < -0.39 is 12.0 Å². The van der Waals surface area contributed by atoms with Crippen LogP contribution in [0.15, 0.2) is 29.6 Å². The summed E-state index contributed by atoms with van der Waals surface area (Å²) in [6, 6.07) is 6.13. The Morgan fingerprint density at radius 2 is 2.04 bits per heavy atom. The summed E-state index contributed by atoms with van der Waals surface area (Å²) in [6.45, 7) is 2.33. The first-order valence-corrected chi connectivity index (χ1v) is 10.3. The topological polar surface area (TPSA) is 77.5 Å². The number of benzene rings is 1. The predicted molar refractivity (Wildman–Crippen MR) is 104 cm³/mol. The molecule has 0 fully saturated rings. The maximum Gasteiger partial charge on any atom is 0.328 e. The summed E-state index contributed by atoms with van der Waals surface area (Å²) >= 11 is 3.19. The number of aromatic nitrogens is 1. The van der Waals surface area contributed by atoms with Crippen molar-refractivity contribution in [2.24, 2.45) is 0 Å². The highest BCUT2D eigenvalue weighted by molar-refractivity contribution is 7.98. The zero-order chi connectivity index (χ0) is 18.9. The fraction of sp³-hybridized carbons (Fsp3) is 0.389. The minimum absolute atomic E-state index is 0.317. The Hall–Kier alpha value is -2.06. The van der Waals surface area contributed by atoms with Gasteiger partial charge in [-0.25, -0.2) is 9.78 Å². The molecule has 0 unspecified atom stereocenters. The van der Waals surface area contributed by atoms with E-state index >= 15 is 0 Å². The molecule has 0 aliphatic heterocycles. The van der Waals surface area contributed by atoms with E-state index in [1.54, 1.807) is 47.4 Å². The molecule has 0 bridgehead atoms. The molecule has 1 N–H and O–H groups in total. The monoisotopic (exact) mass is 394 g/mol. The Morgan fingerprint density at radius 1 is 1.31 bits per heavy atom. The molecular formula is C18H22N2O4S2. The third kappa shape index (κ3) is 6.03. The smallest absolute Gasteiger partial charge is 0.328 e. The van der Waals surface area contributed by atoms with E-state index in [4.69, 9.17) is 9.47 Å². The molecule has 0 spiro atoms. The van der Waals surface area contributed by atoms with Gasteiger partial charge in [-0.2, -0.15) is 11.8 Å². The first-order chi connectivity index (χ1) is 12.5. The summed E-state index contributed by atoms with van der Waals surface area (Å²) in [6.07, 6.45) is 2.47. The van der Waals surface area contributed by atoms with E-state index in [9.17, 15) is 9.59 Å². The third-order valence-corrected chi connectivity index (χ3v) is 5.04. The maximum atomic E-state index is 12.4. The maximum absolute atomic E-state index is 12.4. The van der Waals surface area contributed by atoms with Crippen LogP contribution in [0.5, 0.6) is 5.75 Å². The number of carbonyl (C=O) groups excluding carboxylic acids is 2. The van der Waals surface area contributed by atoms with Gasteiger partial charge in [0.2, 0.25) is 0 Å². The minimum atomic E-state index is -0.649. The zero-order valence-corrected chi connectivity index (χ0v) is 16.6. The molecule has 2 aromatic rings. The van der Waals surface area contributed by atoms with Gasteiger partial charge >= 0.3 is 5.97 Å². The number of nitrogens with one attached hydrogen (secondary N) is 1. The highest BCUT2D eigenvalue weighted by Gasteiger charge is 2.21. The second-order valence-electron chi connectivity index (χ2n) is 5.50. The van der Waals surface area contributed by atoms with Crippen molar-refractivity contribution in [3.63, 3.8) is 0 Å². The molecule has 1 amide bonds. The summed E-state index contributed by atoms with van der Waals surface area (Å²) < 4.78 is 10.4. The van der Waals surface area contributed by atoms with Gasteiger partial charge in [-0.3, -0.25) is 4.79 Å². The summed E-state index contributed by atoms with van der Waals surface area (Å²) in [5, 5.41) is 5.68.